The number of hydrogen-bond donors (Lipinski definition) is 1. The van der Waals surface area contributed by atoms with Crippen molar-refractivity contribution in [3.05, 3.63) is 12.0 Å². The monoisotopic (exact) mass is 227 g/mol. The fourth-order valence-corrected chi connectivity index (χ4v) is 1.58. The number of nitrogens with zero attached hydrogens (tertiary/aromatic N) is 2. The largest absolute Gasteiger partial charge is 0.475 e. The molecule has 0 aromatic carbocycles. The van der Waals surface area contributed by atoms with Gasteiger partial charge in [0.2, 0.25) is 11.8 Å². The summed E-state index contributed by atoms with van der Waals surface area (Å²) in [5.74, 6) is -0.243. The lowest BCUT2D eigenvalue weighted by Gasteiger charge is -2.21. The Labute approximate surface area is 92.8 Å². The third-order valence-electron chi connectivity index (χ3n) is 2.53. The van der Waals surface area contributed by atoms with Crippen LogP contribution in [0, 0.1) is 11.7 Å². The molecular formula is C10H14FN3O2. The van der Waals surface area contributed by atoms with Crippen LogP contribution >= 0.6 is 0 Å². The molecule has 2 N–H and O–H groups in total. The molecule has 5 nitrogen and oxygen atoms in total. The van der Waals surface area contributed by atoms with Gasteiger partial charge in [-0.25, -0.2) is 4.98 Å². The van der Waals surface area contributed by atoms with Crippen molar-refractivity contribution in [3.63, 3.8) is 0 Å². The van der Waals surface area contributed by atoms with E-state index < -0.39 is 5.82 Å². The molecule has 0 atom stereocenters. The molecule has 1 aromatic heterocycles. The molecule has 0 saturated carbocycles. The van der Waals surface area contributed by atoms with E-state index in [9.17, 15) is 4.39 Å². The standard InChI is InChI=1S/C10H14FN3O2/c11-8-5-13-10(12)14-9(8)16-6-7-1-3-15-4-2-7/h5,7H,1-4,6H2,(H2,12,13,14). The van der Waals surface area contributed by atoms with Gasteiger partial charge in [-0.3, -0.25) is 0 Å². The number of hydrogen-bond acceptors (Lipinski definition) is 5. The van der Waals surface area contributed by atoms with Crippen LogP contribution in [0.4, 0.5) is 10.3 Å². The van der Waals surface area contributed by atoms with Gasteiger partial charge in [0.1, 0.15) is 0 Å². The average Bonchev–Trinajstić information content (AvgIpc) is 2.32. The predicted octanol–water partition coefficient (Wildman–Crippen LogP) is 1.00. The first-order valence-corrected chi connectivity index (χ1v) is 5.24. The van der Waals surface area contributed by atoms with Crippen molar-refractivity contribution in [1.29, 1.82) is 0 Å². The maximum Gasteiger partial charge on any atom is 0.255 e. The maximum atomic E-state index is 13.2. The number of aromatic nitrogens is 2. The molecule has 1 aliphatic heterocycles. The van der Waals surface area contributed by atoms with Crippen molar-refractivity contribution in [3.8, 4) is 5.88 Å². The highest BCUT2D eigenvalue weighted by Crippen LogP contribution is 2.18. The van der Waals surface area contributed by atoms with Crippen molar-refractivity contribution in [2.45, 2.75) is 12.8 Å². The first-order chi connectivity index (χ1) is 7.75. The Morgan fingerprint density at radius 3 is 3.00 bits per heavy atom. The Kier molecular flexibility index (Phi) is 3.51. The topological polar surface area (TPSA) is 70.3 Å². The van der Waals surface area contributed by atoms with Crippen LogP contribution in [-0.2, 0) is 4.74 Å². The highest BCUT2D eigenvalue weighted by atomic mass is 19.1. The summed E-state index contributed by atoms with van der Waals surface area (Å²) in [4.78, 5) is 7.22. The Bertz CT molecular complexity index is 356. The minimum Gasteiger partial charge on any atom is -0.475 e. The van der Waals surface area contributed by atoms with Crippen LogP contribution in [0.1, 0.15) is 12.8 Å². The lowest BCUT2D eigenvalue weighted by molar-refractivity contribution is 0.0483. The highest BCUT2D eigenvalue weighted by molar-refractivity contribution is 5.22. The van der Waals surface area contributed by atoms with Gasteiger partial charge in [0, 0.05) is 13.2 Å². The summed E-state index contributed by atoms with van der Waals surface area (Å²) >= 11 is 0. The second-order valence-corrected chi connectivity index (χ2v) is 3.75. The third kappa shape index (κ3) is 2.79. The van der Waals surface area contributed by atoms with Gasteiger partial charge < -0.3 is 15.2 Å². The molecule has 1 fully saturated rings. The normalized spacial score (nSPS) is 17.3. The molecule has 2 heterocycles. The van der Waals surface area contributed by atoms with E-state index in [2.05, 4.69) is 9.97 Å². The minimum absolute atomic E-state index is 0.0170. The SMILES string of the molecule is Nc1ncc(F)c(OCC2CCOCC2)n1. The van der Waals surface area contributed by atoms with Crippen molar-refractivity contribution in [2.24, 2.45) is 5.92 Å². The summed E-state index contributed by atoms with van der Waals surface area (Å²) in [6.07, 6.45) is 2.88. The molecule has 0 bridgehead atoms. The number of halogens is 1. The number of nitrogens with two attached hydrogens (primary N) is 1. The summed E-state index contributed by atoms with van der Waals surface area (Å²) in [5, 5.41) is 0. The van der Waals surface area contributed by atoms with Crippen LogP contribution < -0.4 is 10.5 Å². The smallest absolute Gasteiger partial charge is 0.255 e. The summed E-state index contributed by atoms with van der Waals surface area (Å²) in [6, 6.07) is 0. The average molecular weight is 227 g/mol. The van der Waals surface area contributed by atoms with E-state index in [1.807, 2.05) is 0 Å². The number of rotatable bonds is 3. The fourth-order valence-electron chi connectivity index (χ4n) is 1.58. The summed E-state index contributed by atoms with van der Waals surface area (Å²) in [5.41, 5.74) is 5.35. The van der Waals surface area contributed by atoms with E-state index in [1.54, 1.807) is 0 Å². The lowest BCUT2D eigenvalue weighted by atomic mass is 10.0. The third-order valence-corrected chi connectivity index (χ3v) is 2.53. The van der Waals surface area contributed by atoms with Gasteiger partial charge in [0.05, 0.1) is 12.8 Å². The highest BCUT2D eigenvalue weighted by Gasteiger charge is 2.16. The van der Waals surface area contributed by atoms with Gasteiger partial charge in [-0.2, -0.15) is 9.37 Å². The molecule has 0 amide bonds. The quantitative estimate of drug-likeness (QED) is 0.834. The summed E-state index contributed by atoms with van der Waals surface area (Å²) < 4.78 is 23.7. The van der Waals surface area contributed by atoms with Gasteiger partial charge in [-0.1, -0.05) is 0 Å². The number of ether oxygens (including phenoxy) is 2. The Morgan fingerprint density at radius 1 is 1.50 bits per heavy atom. The zero-order valence-electron chi connectivity index (χ0n) is 8.86. The van der Waals surface area contributed by atoms with E-state index in [-0.39, 0.29) is 11.8 Å². The van der Waals surface area contributed by atoms with Crippen LogP contribution in [0.3, 0.4) is 0 Å². The summed E-state index contributed by atoms with van der Waals surface area (Å²) in [6.45, 7) is 1.92. The molecule has 0 unspecified atom stereocenters. The molecule has 6 heteroatoms. The van der Waals surface area contributed by atoms with Gasteiger partial charge >= 0.3 is 0 Å². The van der Waals surface area contributed by atoms with Crippen LogP contribution in [0.15, 0.2) is 6.20 Å². The van der Waals surface area contributed by atoms with Crippen LogP contribution in [0.2, 0.25) is 0 Å². The Balaban J connectivity index is 1.90. The molecular weight excluding hydrogens is 213 g/mol. The molecule has 0 spiro atoms. The van der Waals surface area contributed by atoms with Gasteiger partial charge in [-0.05, 0) is 18.8 Å². The van der Waals surface area contributed by atoms with Crippen LogP contribution in [-0.4, -0.2) is 29.8 Å². The van der Waals surface area contributed by atoms with Gasteiger partial charge in [-0.15, -0.1) is 0 Å². The molecule has 1 aromatic rings. The molecule has 0 aliphatic carbocycles. The Hall–Kier alpha value is -1.43. The maximum absolute atomic E-state index is 13.2. The van der Waals surface area contributed by atoms with Gasteiger partial charge in [0.15, 0.2) is 0 Å². The second kappa shape index (κ2) is 5.07. The van der Waals surface area contributed by atoms with Crippen molar-refractivity contribution >= 4 is 5.95 Å². The fraction of sp³-hybridized carbons (Fsp3) is 0.600. The zero-order chi connectivity index (χ0) is 11.4. The molecule has 16 heavy (non-hydrogen) atoms. The molecule has 2 rings (SSSR count). The number of anilines is 1. The van der Waals surface area contributed by atoms with Crippen molar-refractivity contribution in [2.75, 3.05) is 25.6 Å². The first-order valence-electron chi connectivity index (χ1n) is 5.24. The zero-order valence-corrected chi connectivity index (χ0v) is 8.86. The van der Waals surface area contributed by atoms with Gasteiger partial charge in [0.25, 0.3) is 5.88 Å². The van der Waals surface area contributed by atoms with Crippen molar-refractivity contribution < 1.29 is 13.9 Å². The summed E-state index contributed by atoms with van der Waals surface area (Å²) in [7, 11) is 0. The molecule has 88 valence electrons. The van der Waals surface area contributed by atoms with Crippen molar-refractivity contribution in [1.82, 2.24) is 9.97 Å². The second-order valence-electron chi connectivity index (χ2n) is 3.75. The van der Waals surface area contributed by atoms with Crippen LogP contribution in [0.25, 0.3) is 0 Å². The van der Waals surface area contributed by atoms with E-state index in [4.69, 9.17) is 15.2 Å². The molecule has 0 radical (unpaired) electrons. The molecule has 1 aliphatic rings. The molecule has 1 saturated heterocycles. The van der Waals surface area contributed by atoms with E-state index in [0.29, 0.717) is 12.5 Å². The Morgan fingerprint density at radius 2 is 2.25 bits per heavy atom. The van der Waals surface area contributed by atoms with E-state index in [1.165, 1.54) is 0 Å². The van der Waals surface area contributed by atoms with E-state index >= 15 is 0 Å². The van der Waals surface area contributed by atoms with E-state index in [0.717, 1.165) is 32.3 Å². The predicted molar refractivity (Wildman–Crippen MR) is 55.4 cm³/mol. The number of nitrogen functional groups attached to an aromatic ring is 1. The first kappa shape index (κ1) is 11.1. The lowest BCUT2D eigenvalue weighted by Crippen LogP contribution is -2.22. The van der Waals surface area contributed by atoms with Crippen LogP contribution in [0.5, 0.6) is 5.88 Å². The minimum atomic E-state index is -0.582.